The number of rotatable bonds is 6. The third-order valence-electron chi connectivity index (χ3n) is 4.32. The zero-order valence-electron chi connectivity index (χ0n) is 16.7. The molecule has 3 aromatic carbocycles. The van der Waals surface area contributed by atoms with E-state index in [-0.39, 0.29) is 22.1 Å². The number of anilines is 2. The highest BCUT2D eigenvalue weighted by atomic mass is 32.2. The van der Waals surface area contributed by atoms with Crippen molar-refractivity contribution in [2.75, 3.05) is 17.1 Å². The molecule has 0 saturated heterocycles. The second-order valence-electron chi connectivity index (χ2n) is 6.62. The fraction of sp³-hybridized carbons (Fsp3) is 0.0909. The Hall–Kier alpha value is -3.85. The predicted octanol–water partition coefficient (Wildman–Crippen LogP) is 3.61. The molecule has 8 nitrogen and oxygen atoms in total. The maximum absolute atomic E-state index is 12.8. The molecule has 0 aliphatic carbocycles. The van der Waals surface area contributed by atoms with Crippen LogP contribution in [0.2, 0.25) is 0 Å². The van der Waals surface area contributed by atoms with Crippen molar-refractivity contribution in [3.63, 3.8) is 0 Å². The molecule has 3 rings (SSSR count). The number of phenols is 1. The summed E-state index contributed by atoms with van der Waals surface area (Å²) in [6, 6.07) is 17.1. The molecule has 0 heterocycles. The van der Waals surface area contributed by atoms with Crippen LogP contribution < -0.4 is 10.0 Å². The Labute approximate surface area is 179 Å². The van der Waals surface area contributed by atoms with Gasteiger partial charge in [0.25, 0.3) is 10.0 Å². The van der Waals surface area contributed by atoms with Gasteiger partial charge in [0, 0.05) is 18.7 Å². The summed E-state index contributed by atoms with van der Waals surface area (Å²) in [5.74, 6) is -1.35. The normalized spacial score (nSPS) is 10.9. The highest BCUT2D eigenvalue weighted by molar-refractivity contribution is 7.92. The van der Waals surface area contributed by atoms with Crippen LogP contribution in [0.25, 0.3) is 11.1 Å². The Kier molecular flexibility index (Phi) is 6.26. The van der Waals surface area contributed by atoms with Gasteiger partial charge in [-0.1, -0.05) is 24.3 Å². The van der Waals surface area contributed by atoms with Crippen LogP contribution in [-0.2, 0) is 19.6 Å². The number of hydrogen-bond acceptors (Lipinski definition) is 6. The minimum atomic E-state index is -3.98. The number of methoxy groups -OCH3 is 1. The van der Waals surface area contributed by atoms with E-state index in [1.165, 1.54) is 38.3 Å². The van der Waals surface area contributed by atoms with E-state index in [1.54, 1.807) is 36.4 Å². The molecule has 0 aliphatic heterocycles. The minimum absolute atomic E-state index is 0.00599. The van der Waals surface area contributed by atoms with Crippen LogP contribution in [0.1, 0.15) is 17.3 Å². The summed E-state index contributed by atoms with van der Waals surface area (Å²) in [6.07, 6.45) is 0. The highest BCUT2D eigenvalue weighted by Crippen LogP contribution is 2.28. The quantitative estimate of drug-likeness (QED) is 0.504. The van der Waals surface area contributed by atoms with Gasteiger partial charge in [-0.15, -0.1) is 0 Å². The van der Waals surface area contributed by atoms with Gasteiger partial charge >= 0.3 is 5.97 Å². The molecule has 31 heavy (non-hydrogen) atoms. The molecule has 1 amide bonds. The van der Waals surface area contributed by atoms with Crippen LogP contribution in [0.15, 0.2) is 71.6 Å². The van der Waals surface area contributed by atoms with Crippen molar-refractivity contribution in [1.29, 1.82) is 0 Å². The zero-order chi connectivity index (χ0) is 22.6. The molecular formula is C22H20N2O6S. The fourth-order valence-electron chi connectivity index (χ4n) is 2.91. The van der Waals surface area contributed by atoms with Crippen molar-refractivity contribution in [3.05, 3.63) is 72.3 Å². The summed E-state index contributed by atoms with van der Waals surface area (Å²) in [4.78, 5) is 22.8. The van der Waals surface area contributed by atoms with Crippen LogP contribution in [0, 0.1) is 0 Å². The minimum Gasteiger partial charge on any atom is -0.507 e. The standard InChI is InChI=1S/C22H20N2O6S/c1-14(25)23-17-7-3-5-15(11-17)16-6-4-8-19(12-16)31(28,29)24-18-9-10-20(21(26)13-18)22(27)30-2/h3-13,24,26H,1-2H3,(H,23,25). The van der Waals surface area contributed by atoms with Gasteiger partial charge in [-0.3, -0.25) is 9.52 Å². The van der Waals surface area contributed by atoms with E-state index in [4.69, 9.17) is 0 Å². The first kappa shape index (κ1) is 21.8. The van der Waals surface area contributed by atoms with Crippen molar-refractivity contribution in [2.24, 2.45) is 0 Å². The predicted molar refractivity (Wildman–Crippen MR) is 116 cm³/mol. The summed E-state index contributed by atoms with van der Waals surface area (Å²) in [5, 5.41) is 12.7. The first-order chi connectivity index (χ1) is 14.7. The molecule has 0 atom stereocenters. The first-order valence-electron chi connectivity index (χ1n) is 9.12. The number of benzene rings is 3. The number of carbonyl (C=O) groups is 2. The topological polar surface area (TPSA) is 122 Å². The fourth-order valence-corrected chi connectivity index (χ4v) is 4.01. The molecule has 0 spiro atoms. The summed E-state index contributed by atoms with van der Waals surface area (Å²) in [6.45, 7) is 1.40. The number of hydrogen-bond donors (Lipinski definition) is 3. The molecule has 0 aliphatic rings. The maximum Gasteiger partial charge on any atom is 0.341 e. The van der Waals surface area contributed by atoms with Gasteiger partial charge in [-0.05, 0) is 47.5 Å². The average Bonchev–Trinajstić information content (AvgIpc) is 2.73. The summed E-state index contributed by atoms with van der Waals surface area (Å²) < 4.78 is 32.6. The summed E-state index contributed by atoms with van der Waals surface area (Å²) in [7, 11) is -2.80. The zero-order valence-corrected chi connectivity index (χ0v) is 17.6. The van der Waals surface area contributed by atoms with Crippen LogP contribution in [0.5, 0.6) is 5.75 Å². The van der Waals surface area contributed by atoms with Crippen LogP contribution in [-0.4, -0.2) is 32.5 Å². The SMILES string of the molecule is COC(=O)c1ccc(NS(=O)(=O)c2cccc(-c3cccc(NC(C)=O)c3)c2)cc1O. The van der Waals surface area contributed by atoms with E-state index in [0.29, 0.717) is 11.3 Å². The van der Waals surface area contributed by atoms with Crippen LogP contribution in [0.3, 0.4) is 0 Å². The molecule has 160 valence electrons. The van der Waals surface area contributed by atoms with E-state index in [0.717, 1.165) is 11.6 Å². The monoisotopic (exact) mass is 440 g/mol. The van der Waals surface area contributed by atoms with Gasteiger partial charge in [0.15, 0.2) is 0 Å². The van der Waals surface area contributed by atoms with E-state index in [2.05, 4.69) is 14.8 Å². The Balaban J connectivity index is 1.89. The lowest BCUT2D eigenvalue weighted by atomic mass is 10.1. The third-order valence-corrected chi connectivity index (χ3v) is 5.69. The second kappa shape index (κ2) is 8.88. The largest absolute Gasteiger partial charge is 0.507 e. The average molecular weight is 440 g/mol. The van der Waals surface area contributed by atoms with Crippen molar-refractivity contribution in [2.45, 2.75) is 11.8 Å². The number of esters is 1. The number of phenolic OH excluding ortho intramolecular Hbond substituents is 1. The first-order valence-corrected chi connectivity index (χ1v) is 10.6. The van der Waals surface area contributed by atoms with Crippen molar-refractivity contribution < 1.29 is 27.9 Å². The summed E-state index contributed by atoms with van der Waals surface area (Å²) in [5.41, 5.74) is 1.97. The van der Waals surface area contributed by atoms with Gasteiger partial charge in [0.1, 0.15) is 11.3 Å². The lowest BCUT2D eigenvalue weighted by molar-refractivity contribution is -0.114. The van der Waals surface area contributed by atoms with Gasteiger partial charge in [0.2, 0.25) is 5.91 Å². The molecule has 0 bridgehead atoms. The van der Waals surface area contributed by atoms with Gasteiger partial charge in [0.05, 0.1) is 17.7 Å². The van der Waals surface area contributed by atoms with E-state index in [9.17, 15) is 23.1 Å². The number of carbonyl (C=O) groups excluding carboxylic acids is 2. The van der Waals surface area contributed by atoms with E-state index < -0.39 is 21.7 Å². The van der Waals surface area contributed by atoms with E-state index >= 15 is 0 Å². The third kappa shape index (κ3) is 5.20. The van der Waals surface area contributed by atoms with Crippen molar-refractivity contribution in [1.82, 2.24) is 0 Å². The number of amides is 1. The lowest BCUT2D eigenvalue weighted by Crippen LogP contribution is -2.13. The van der Waals surface area contributed by atoms with Gasteiger partial charge in [-0.25, -0.2) is 13.2 Å². The van der Waals surface area contributed by atoms with E-state index in [1.807, 2.05) is 0 Å². The molecule has 0 aromatic heterocycles. The molecule has 9 heteroatoms. The Morgan fingerprint density at radius 1 is 0.903 bits per heavy atom. The molecular weight excluding hydrogens is 420 g/mol. The van der Waals surface area contributed by atoms with Gasteiger partial charge in [-0.2, -0.15) is 0 Å². The van der Waals surface area contributed by atoms with Crippen LogP contribution >= 0.6 is 0 Å². The number of nitrogens with one attached hydrogen (secondary N) is 2. The number of sulfonamides is 1. The number of ether oxygens (including phenoxy) is 1. The smallest absolute Gasteiger partial charge is 0.341 e. The molecule has 3 N–H and O–H groups in total. The Morgan fingerprint density at radius 2 is 1.58 bits per heavy atom. The maximum atomic E-state index is 12.8. The van der Waals surface area contributed by atoms with Crippen molar-refractivity contribution in [3.8, 4) is 16.9 Å². The molecule has 0 fully saturated rings. The Morgan fingerprint density at radius 3 is 2.23 bits per heavy atom. The van der Waals surface area contributed by atoms with Gasteiger partial charge < -0.3 is 15.2 Å². The molecule has 0 saturated carbocycles. The molecule has 0 unspecified atom stereocenters. The Bertz CT molecular complexity index is 1250. The number of aromatic hydroxyl groups is 1. The summed E-state index contributed by atoms with van der Waals surface area (Å²) >= 11 is 0. The molecule has 0 radical (unpaired) electrons. The van der Waals surface area contributed by atoms with Crippen LogP contribution in [0.4, 0.5) is 11.4 Å². The highest BCUT2D eigenvalue weighted by Gasteiger charge is 2.18. The van der Waals surface area contributed by atoms with Crippen molar-refractivity contribution >= 4 is 33.3 Å². The second-order valence-corrected chi connectivity index (χ2v) is 8.30. The lowest BCUT2D eigenvalue weighted by Gasteiger charge is -2.11. The molecule has 3 aromatic rings.